The third kappa shape index (κ3) is 6.33. The molecule has 0 unspecified atom stereocenters. The quantitative estimate of drug-likeness (QED) is 0.541. The van der Waals surface area contributed by atoms with Crippen molar-refractivity contribution < 1.29 is 18.3 Å². The van der Waals surface area contributed by atoms with Crippen molar-refractivity contribution >= 4 is 29.0 Å². The maximum atomic E-state index is 12.3. The molecule has 8 heteroatoms. The van der Waals surface area contributed by atoms with Gasteiger partial charge in [0, 0.05) is 31.6 Å². The van der Waals surface area contributed by atoms with Crippen molar-refractivity contribution in [3.05, 3.63) is 16.3 Å². The zero-order chi connectivity index (χ0) is 14.1. The molecule has 2 N–H and O–H groups in total. The topological polar surface area (TPSA) is 50.4 Å². The molecule has 1 aromatic rings. The lowest BCUT2D eigenvalue weighted by Gasteiger charge is -2.07. The van der Waals surface area contributed by atoms with Gasteiger partial charge in [0.15, 0.2) is 0 Å². The number of thioether (sulfide) groups is 1. The monoisotopic (exact) mass is 310 g/mol. The molecule has 0 aliphatic carbocycles. The van der Waals surface area contributed by atoms with E-state index < -0.39 is 5.76 Å². The molecule has 0 atom stereocenters. The first-order valence-corrected chi connectivity index (χ1v) is 7.41. The van der Waals surface area contributed by atoms with Gasteiger partial charge in [0.05, 0.1) is 6.61 Å². The Morgan fingerprint density at radius 3 is 2.95 bits per heavy atom. The Hall–Kier alpha value is -0.700. The van der Waals surface area contributed by atoms with Crippen LogP contribution in [0.15, 0.2) is 16.3 Å². The summed E-state index contributed by atoms with van der Waals surface area (Å²) in [6.07, 6.45) is 0. The van der Waals surface area contributed by atoms with Crippen LogP contribution in [-0.4, -0.2) is 45.0 Å². The highest BCUT2D eigenvalue weighted by molar-refractivity contribution is 7.99. The lowest BCUT2D eigenvalue weighted by molar-refractivity contribution is 0.0955. The highest BCUT2D eigenvalue weighted by Gasteiger charge is 2.16. The zero-order valence-electron chi connectivity index (χ0n) is 10.4. The van der Waals surface area contributed by atoms with E-state index >= 15 is 0 Å². The van der Waals surface area contributed by atoms with Crippen LogP contribution >= 0.6 is 23.1 Å². The molecular formula is C11H16F2N2O2S2. The fraction of sp³-hybridized carbons (Fsp3) is 0.545. The van der Waals surface area contributed by atoms with Gasteiger partial charge in [-0.3, -0.25) is 4.79 Å². The molecule has 108 valence electrons. The molecule has 0 aliphatic rings. The molecule has 0 bridgehead atoms. The Kier molecular flexibility index (Phi) is 7.96. The van der Waals surface area contributed by atoms with Gasteiger partial charge in [-0.1, -0.05) is 11.8 Å². The maximum Gasteiger partial charge on any atom is 0.288 e. The molecule has 19 heavy (non-hydrogen) atoms. The maximum absolute atomic E-state index is 12.3. The Bertz CT molecular complexity index is 389. The molecule has 0 spiro atoms. The van der Waals surface area contributed by atoms with E-state index in [1.54, 1.807) is 12.5 Å². The molecule has 0 saturated carbocycles. The number of carbonyl (C=O) groups excluding carboxylic acids is 1. The van der Waals surface area contributed by atoms with Crippen LogP contribution in [0.4, 0.5) is 8.78 Å². The highest BCUT2D eigenvalue weighted by atomic mass is 32.2. The van der Waals surface area contributed by atoms with Gasteiger partial charge in [-0.05, 0) is 11.4 Å². The minimum atomic E-state index is -2.52. The van der Waals surface area contributed by atoms with Gasteiger partial charge in [0.2, 0.25) is 0 Å². The van der Waals surface area contributed by atoms with Crippen molar-refractivity contribution in [1.29, 1.82) is 0 Å². The predicted octanol–water partition coefficient (Wildman–Crippen LogP) is 2.03. The van der Waals surface area contributed by atoms with Crippen molar-refractivity contribution in [3.63, 3.8) is 0 Å². The molecule has 0 saturated heterocycles. The minimum absolute atomic E-state index is 0.313. The zero-order valence-corrected chi connectivity index (χ0v) is 12.1. The number of methoxy groups -OCH3 is 1. The second kappa shape index (κ2) is 9.24. The summed E-state index contributed by atoms with van der Waals surface area (Å²) in [7, 11) is 1.61. The fourth-order valence-electron chi connectivity index (χ4n) is 1.30. The number of thiophene rings is 1. The number of nitrogens with one attached hydrogen (secondary N) is 2. The summed E-state index contributed by atoms with van der Waals surface area (Å²) in [5.41, 5.74) is 0. The largest absolute Gasteiger partial charge is 0.383 e. The third-order valence-electron chi connectivity index (χ3n) is 2.12. The van der Waals surface area contributed by atoms with Crippen molar-refractivity contribution in [3.8, 4) is 0 Å². The average Bonchev–Trinajstić information content (AvgIpc) is 2.80. The molecule has 1 rings (SSSR count). The number of hydrogen-bond acceptors (Lipinski definition) is 5. The Morgan fingerprint density at radius 2 is 2.26 bits per heavy atom. The summed E-state index contributed by atoms with van der Waals surface area (Å²) >= 11 is 1.56. The molecule has 0 aromatic carbocycles. The van der Waals surface area contributed by atoms with E-state index in [1.165, 1.54) is 6.07 Å². The van der Waals surface area contributed by atoms with Gasteiger partial charge in [0.25, 0.3) is 11.7 Å². The molecular weight excluding hydrogens is 294 g/mol. The summed E-state index contributed by atoms with van der Waals surface area (Å²) in [4.78, 5) is 12.4. The lowest BCUT2D eigenvalue weighted by atomic mass is 10.4. The van der Waals surface area contributed by atoms with Gasteiger partial charge < -0.3 is 15.4 Å². The van der Waals surface area contributed by atoms with E-state index in [-0.39, 0.29) is 5.91 Å². The number of alkyl halides is 2. The van der Waals surface area contributed by atoms with Crippen molar-refractivity contribution in [2.75, 3.05) is 33.4 Å². The Labute approximate surface area is 118 Å². The highest BCUT2D eigenvalue weighted by Crippen LogP contribution is 2.31. The molecule has 0 radical (unpaired) electrons. The molecule has 0 aliphatic heterocycles. The van der Waals surface area contributed by atoms with Crippen molar-refractivity contribution in [1.82, 2.24) is 10.6 Å². The third-order valence-corrected chi connectivity index (χ3v) is 3.94. The summed E-state index contributed by atoms with van der Waals surface area (Å²) < 4.78 is 29.4. The number of amides is 1. The van der Waals surface area contributed by atoms with Crippen LogP contribution in [0.5, 0.6) is 0 Å². The van der Waals surface area contributed by atoms with E-state index in [4.69, 9.17) is 4.74 Å². The van der Waals surface area contributed by atoms with E-state index in [1.807, 2.05) is 0 Å². The molecule has 4 nitrogen and oxygen atoms in total. The average molecular weight is 310 g/mol. The normalized spacial score (nSPS) is 10.9. The molecule has 1 heterocycles. The minimum Gasteiger partial charge on any atom is -0.383 e. The van der Waals surface area contributed by atoms with Crippen LogP contribution < -0.4 is 10.6 Å². The second-order valence-corrected chi connectivity index (χ2v) is 5.44. The SMILES string of the molecule is COCCNCCNC(=O)c1sccc1SC(F)F. The van der Waals surface area contributed by atoms with Crippen LogP contribution in [-0.2, 0) is 4.74 Å². The first-order valence-electron chi connectivity index (χ1n) is 5.65. The van der Waals surface area contributed by atoms with Crippen LogP contribution in [0.25, 0.3) is 0 Å². The number of ether oxygens (including phenoxy) is 1. The Morgan fingerprint density at radius 1 is 1.47 bits per heavy atom. The smallest absolute Gasteiger partial charge is 0.288 e. The Balaban J connectivity index is 2.31. The lowest BCUT2D eigenvalue weighted by Crippen LogP contribution is -2.32. The van der Waals surface area contributed by atoms with Gasteiger partial charge >= 0.3 is 0 Å². The summed E-state index contributed by atoms with van der Waals surface area (Å²) in [5, 5.41) is 7.39. The van der Waals surface area contributed by atoms with Crippen molar-refractivity contribution in [2.45, 2.75) is 10.7 Å². The van der Waals surface area contributed by atoms with E-state index in [9.17, 15) is 13.6 Å². The number of carbonyl (C=O) groups is 1. The molecule has 1 amide bonds. The van der Waals surface area contributed by atoms with Gasteiger partial charge in [0.1, 0.15) is 4.88 Å². The number of rotatable bonds is 9. The molecule has 0 fully saturated rings. The number of halogens is 2. The summed E-state index contributed by atoms with van der Waals surface area (Å²) in [5.74, 6) is -2.83. The van der Waals surface area contributed by atoms with E-state index in [0.717, 1.165) is 11.3 Å². The fourth-order valence-corrected chi connectivity index (χ4v) is 2.91. The summed E-state index contributed by atoms with van der Waals surface area (Å²) in [6, 6.07) is 1.53. The number of hydrogen-bond donors (Lipinski definition) is 2. The molecule has 1 aromatic heterocycles. The van der Waals surface area contributed by atoms with Crippen LogP contribution in [0, 0.1) is 0 Å². The van der Waals surface area contributed by atoms with Gasteiger partial charge in [-0.2, -0.15) is 8.78 Å². The van der Waals surface area contributed by atoms with Gasteiger partial charge in [-0.15, -0.1) is 11.3 Å². The standard InChI is InChI=1S/C11H16F2N2O2S2/c1-17-6-5-14-3-4-15-10(16)9-8(2-7-18-9)19-11(12)13/h2,7,11,14H,3-6H2,1H3,(H,15,16). The summed E-state index contributed by atoms with van der Waals surface area (Å²) in [6.45, 7) is 2.36. The second-order valence-electron chi connectivity index (χ2n) is 3.49. The first kappa shape index (κ1) is 16.4. The van der Waals surface area contributed by atoms with Crippen molar-refractivity contribution in [2.24, 2.45) is 0 Å². The first-order chi connectivity index (χ1) is 9.15. The van der Waals surface area contributed by atoms with E-state index in [0.29, 0.717) is 47.8 Å². The van der Waals surface area contributed by atoms with Crippen LogP contribution in [0.1, 0.15) is 9.67 Å². The predicted molar refractivity (Wildman–Crippen MR) is 73.3 cm³/mol. The van der Waals surface area contributed by atoms with Crippen LogP contribution in [0.3, 0.4) is 0 Å². The van der Waals surface area contributed by atoms with E-state index in [2.05, 4.69) is 10.6 Å². The van der Waals surface area contributed by atoms with Crippen LogP contribution in [0.2, 0.25) is 0 Å². The van der Waals surface area contributed by atoms with Gasteiger partial charge in [-0.25, -0.2) is 0 Å².